The molecule has 0 aromatic carbocycles. The molecule has 8 nitrogen and oxygen atoms in total. The monoisotopic (exact) mass is 519 g/mol. The minimum absolute atomic E-state index is 0. The molecule has 9 heteroatoms. The highest BCUT2D eigenvalue weighted by atomic mass is 127. The number of morpholine rings is 1. The Kier molecular flexibility index (Phi) is 10.8. The third-order valence-corrected chi connectivity index (χ3v) is 5.22. The van der Waals surface area contributed by atoms with Gasteiger partial charge in [0.1, 0.15) is 5.76 Å². The molecular weight excluding hydrogens is 485 g/mol. The summed E-state index contributed by atoms with van der Waals surface area (Å²) in [6, 6.07) is 4.13. The number of amides is 1. The van der Waals surface area contributed by atoms with E-state index >= 15 is 0 Å². The largest absolute Gasteiger partial charge is 0.469 e. The van der Waals surface area contributed by atoms with Crippen molar-refractivity contribution in [1.82, 2.24) is 20.4 Å². The summed E-state index contributed by atoms with van der Waals surface area (Å²) in [6.45, 7) is 9.45. The van der Waals surface area contributed by atoms with Gasteiger partial charge in [-0.3, -0.25) is 14.7 Å². The maximum atomic E-state index is 11.9. The Balaban J connectivity index is 0.00000300. The number of furan rings is 1. The van der Waals surface area contributed by atoms with E-state index in [1.165, 1.54) is 0 Å². The molecule has 1 aromatic heterocycles. The first-order chi connectivity index (χ1) is 13.7. The smallest absolute Gasteiger partial charge is 0.222 e. The molecule has 0 spiro atoms. The molecule has 1 atom stereocenters. The van der Waals surface area contributed by atoms with Crippen molar-refractivity contribution >= 4 is 35.8 Å². The number of carbonyl (C=O) groups is 1. The molecular formula is C20H34IN5O3. The molecule has 2 aliphatic rings. The van der Waals surface area contributed by atoms with Crippen LogP contribution in [-0.2, 0) is 16.0 Å². The van der Waals surface area contributed by atoms with Gasteiger partial charge in [0.25, 0.3) is 0 Å². The predicted octanol–water partition coefficient (Wildman–Crippen LogP) is 1.32. The lowest BCUT2D eigenvalue weighted by atomic mass is 10.3. The van der Waals surface area contributed by atoms with E-state index in [1.54, 1.807) is 6.26 Å². The summed E-state index contributed by atoms with van der Waals surface area (Å²) < 4.78 is 10.8. The van der Waals surface area contributed by atoms with Gasteiger partial charge in [-0.2, -0.15) is 0 Å². The average Bonchev–Trinajstić information content (AvgIpc) is 3.40. The van der Waals surface area contributed by atoms with Crippen molar-refractivity contribution in [1.29, 1.82) is 0 Å². The van der Waals surface area contributed by atoms with Crippen molar-refractivity contribution in [3.63, 3.8) is 0 Å². The van der Waals surface area contributed by atoms with Crippen LogP contribution < -0.4 is 10.6 Å². The van der Waals surface area contributed by atoms with Crippen LogP contribution in [0.1, 0.15) is 25.5 Å². The molecule has 0 aliphatic carbocycles. The second-order valence-corrected chi connectivity index (χ2v) is 7.26. The highest BCUT2D eigenvalue weighted by Crippen LogP contribution is 2.10. The summed E-state index contributed by atoms with van der Waals surface area (Å²) in [5, 5.41) is 6.93. The predicted molar refractivity (Wildman–Crippen MR) is 124 cm³/mol. The van der Waals surface area contributed by atoms with Gasteiger partial charge in [0.2, 0.25) is 5.91 Å². The first-order valence-electron chi connectivity index (χ1n) is 10.4. The number of hydrogen-bond donors (Lipinski definition) is 2. The van der Waals surface area contributed by atoms with Crippen LogP contribution in [0.15, 0.2) is 27.8 Å². The molecule has 0 radical (unpaired) electrons. The molecule has 0 saturated carbocycles. The van der Waals surface area contributed by atoms with E-state index in [4.69, 9.17) is 14.1 Å². The Morgan fingerprint density at radius 1 is 1.31 bits per heavy atom. The molecule has 3 rings (SSSR count). The van der Waals surface area contributed by atoms with Crippen LogP contribution in [0.5, 0.6) is 0 Å². The fourth-order valence-corrected chi connectivity index (χ4v) is 3.56. The number of carbonyl (C=O) groups excluding carboxylic acids is 1. The van der Waals surface area contributed by atoms with Crippen molar-refractivity contribution in [3.05, 3.63) is 24.2 Å². The molecule has 164 valence electrons. The Labute approximate surface area is 190 Å². The fraction of sp³-hybridized carbons (Fsp3) is 0.700. The maximum Gasteiger partial charge on any atom is 0.222 e. The molecule has 29 heavy (non-hydrogen) atoms. The summed E-state index contributed by atoms with van der Waals surface area (Å²) in [6.07, 6.45) is 4.02. The zero-order valence-electron chi connectivity index (χ0n) is 17.3. The summed E-state index contributed by atoms with van der Waals surface area (Å²) in [7, 11) is 0. The zero-order valence-corrected chi connectivity index (χ0v) is 19.6. The molecule has 1 unspecified atom stereocenters. The normalized spacial score (nSPS) is 20.4. The van der Waals surface area contributed by atoms with Gasteiger partial charge >= 0.3 is 0 Å². The second-order valence-electron chi connectivity index (χ2n) is 7.26. The summed E-state index contributed by atoms with van der Waals surface area (Å²) in [5.74, 6) is 2.00. The van der Waals surface area contributed by atoms with Crippen LogP contribution in [0, 0.1) is 0 Å². The minimum atomic E-state index is 0. The molecule has 1 amide bonds. The molecule has 1 aromatic rings. The van der Waals surface area contributed by atoms with E-state index in [-0.39, 0.29) is 35.9 Å². The quantitative estimate of drug-likeness (QED) is 0.307. The van der Waals surface area contributed by atoms with Gasteiger partial charge in [0.05, 0.1) is 26.0 Å². The molecule has 2 fully saturated rings. The van der Waals surface area contributed by atoms with Crippen LogP contribution in [-0.4, -0.2) is 86.7 Å². The van der Waals surface area contributed by atoms with Gasteiger partial charge in [-0.15, -0.1) is 24.0 Å². The Bertz CT molecular complexity index is 620. The number of ether oxygens (including phenoxy) is 1. The van der Waals surface area contributed by atoms with E-state index in [0.717, 1.165) is 83.6 Å². The van der Waals surface area contributed by atoms with Crippen molar-refractivity contribution in [2.24, 2.45) is 4.99 Å². The third kappa shape index (κ3) is 8.13. The van der Waals surface area contributed by atoms with Crippen molar-refractivity contribution in [2.75, 3.05) is 59.0 Å². The van der Waals surface area contributed by atoms with Gasteiger partial charge in [-0.25, -0.2) is 0 Å². The van der Waals surface area contributed by atoms with Crippen LogP contribution in [0.3, 0.4) is 0 Å². The Morgan fingerprint density at radius 3 is 2.86 bits per heavy atom. The van der Waals surface area contributed by atoms with Gasteiger partial charge in [0, 0.05) is 58.2 Å². The first kappa shape index (κ1) is 23.9. The van der Waals surface area contributed by atoms with E-state index < -0.39 is 0 Å². The van der Waals surface area contributed by atoms with E-state index in [9.17, 15) is 4.79 Å². The van der Waals surface area contributed by atoms with Crippen molar-refractivity contribution < 1.29 is 13.9 Å². The molecule has 0 bridgehead atoms. The van der Waals surface area contributed by atoms with E-state index in [2.05, 4.69) is 15.5 Å². The summed E-state index contributed by atoms with van der Waals surface area (Å²) >= 11 is 0. The van der Waals surface area contributed by atoms with Crippen LogP contribution in [0.2, 0.25) is 0 Å². The number of halogens is 1. The number of aliphatic imine (C=N–C) groups is 1. The Hall–Kier alpha value is -1.33. The van der Waals surface area contributed by atoms with Gasteiger partial charge in [-0.1, -0.05) is 6.92 Å². The first-order valence-corrected chi connectivity index (χ1v) is 10.4. The van der Waals surface area contributed by atoms with Gasteiger partial charge < -0.3 is 24.7 Å². The summed E-state index contributed by atoms with van der Waals surface area (Å²) in [4.78, 5) is 21.0. The van der Waals surface area contributed by atoms with Crippen molar-refractivity contribution in [3.8, 4) is 0 Å². The minimum Gasteiger partial charge on any atom is -0.469 e. The van der Waals surface area contributed by atoms with Gasteiger partial charge in [0.15, 0.2) is 5.96 Å². The number of hydrogen-bond acceptors (Lipinski definition) is 5. The third-order valence-electron chi connectivity index (χ3n) is 5.22. The fourth-order valence-electron chi connectivity index (χ4n) is 3.56. The number of rotatable bonds is 8. The van der Waals surface area contributed by atoms with Crippen LogP contribution in [0.4, 0.5) is 0 Å². The molecule has 2 saturated heterocycles. The number of guanidine groups is 1. The second kappa shape index (κ2) is 13.1. The zero-order chi connectivity index (χ0) is 19.6. The highest BCUT2D eigenvalue weighted by molar-refractivity contribution is 14.0. The Morgan fingerprint density at radius 2 is 2.14 bits per heavy atom. The van der Waals surface area contributed by atoms with Gasteiger partial charge in [-0.05, 0) is 18.6 Å². The lowest BCUT2D eigenvalue weighted by molar-refractivity contribution is -0.129. The lowest BCUT2D eigenvalue weighted by Crippen LogP contribution is -2.46. The van der Waals surface area contributed by atoms with E-state index in [1.807, 2.05) is 24.0 Å². The summed E-state index contributed by atoms with van der Waals surface area (Å²) in [5.41, 5.74) is 0. The average molecular weight is 519 g/mol. The van der Waals surface area contributed by atoms with Crippen LogP contribution in [0.25, 0.3) is 0 Å². The number of likely N-dealkylation sites (tertiary alicyclic amines) is 1. The highest BCUT2D eigenvalue weighted by Gasteiger charge is 2.25. The molecule has 3 heterocycles. The molecule has 2 N–H and O–H groups in total. The number of nitrogens with zero attached hydrogens (tertiary/aromatic N) is 3. The SMILES string of the molecule is CCC(=O)N1CCC(NC(=NCCN2CCOCC2)NCCc2ccco2)C1.I. The van der Waals surface area contributed by atoms with Crippen LogP contribution >= 0.6 is 24.0 Å². The van der Waals surface area contributed by atoms with E-state index in [0.29, 0.717) is 6.42 Å². The van der Waals surface area contributed by atoms with Crippen molar-refractivity contribution in [2.45, 2.75) is 32.2 Å². The molecule has 2 aliphatic heterocycles. The maximum absolute atomic E-state index is 11.9. The standard InChI is InChI=1S/C20H33N5O3.HI/c1-2-19(26)25-9-6-17(16-25)23-20(21-7-5-18-4-3-13-28-18)22-8-10-24-11-14-27-15-12-24;/h3-4,13,17H,2,5-12,14-16H2,1H3,(H2,21,22,23);1H. The topological polar surface area (TPSA) is 82.3 Å². The lowest BCUT2D eigenvalue weighted by Gasteiger charge is -2.26. The number of nitrogens with one attached hydrogen (secondary N) is 2.